The number of hydrogen-bond donors (Lipinski definition) is 1. The molecule has 24 heavy (non-hydrogen) atoms. The number of carbonyl (C=O) groups is 1. The third-order valence-electron chi connectivity index (χ3n) is 4.95. The molecule has 1 N–H and O–H groups in total. The van der Waals surface area contributed by atoms with Gasteiger partial charge in [0.05, 0.1) is 18.5 Å². The number of carbonyl (C=O) groups excluding carboxylic acids is 1. The second-order valence-corrected chi connectivity index (χ2v) is 6.48. The summed E-state index contributed by atoms with van der Waals surface area (Å²) in [6.07, 6.45) is 8.32. The lowest BCUT2D eigenvalue weighted by Crippen LogP contribution is -2.18. The molecule has 4 rings (SSSR count). The molecule has 1 saturated carbocycles. The summed E-state index contributed by atoms with van der Waals surface area (Å²) in [5, 5.41) is 7.79. The number of esters is 1. The van der Waals surface area contributed by atoms with E-state index in [0.29, 0.717) is 17.7 Å². The lowest BCUT2D eigenvalue weighted by molar-refractivity contribution is 0.0592. The number of anilines is 1. The number of hydrogen-bond acceptors (Lipinski definition) is 6. The first-order valence-corrected chi connectivity index (χ1v) is 8.44. The maximum absolute atomic E-state index is 12.0. The first-order valence-electron chi connectivity index (χ1n) is 8.44. The highest BCUT2D eigenvalue weighted by atomic mass is 16.5. The molecule has 7 heteroatoms. The molecule has 0 atom stereocenters. The lowest BCUT2D eigenvalue weighted by atomic mass is 9.93. The van der Waals surface area contributed by atoms with Crippen molar-refractivity contribution in [2.75, 3.05) is 12.4 Å². The Morgan fingerprint density at radius 1 is 1.33 bits per heavy atom. The normalized spacial score (nSPS) is 16.6. The number of rotatable bonds is 3. The first kappa shape index (κ1) is 15.1. The molecule has 0 spiro atoms. The van der Waals surface area contributed by atoms with Crippen LogP contribution in [0.15, 0.2) is 6.20 Å². The zero-order valence-corrected chi connectivity index (χ0v) is 14.0. The van der Waals surface area contributed by atoms with E-state index in [2.05, 4.69) is 15.4 Å². The van der Waals surface area contributed by atoms with Crippen LogP contribution in [0, 0.1) is 0 Å². The Kier molecular flexibility index (Phi) is 3.70. The van der Waals surface area contributed by atoms with Crippen LogP contribution in [-0.2, 0) is 24.6 Å². The average Bonchev–Trinajstić information content (AvgIpc) is 3.22. The van der Waals surface area contributed by atoms with Crippen LogP contribution >= 0.6 is 0 Å². The maximum atomic E-state index is 12.0. The van der Waals surface area contributed by atoms with E-state index >= 15 is 0 Å². The van der Waals surface area contributed by atoms with Gasteiger partial charge < -0.3 is 10.1 Å². The predicted molar refractivity (Wildman–Crippen MR) is 88.9 cm³/mol. The molecule has 0 unspecified atom stereocenters. The summed E-state index contributed by atoms with van der Waals surface area (Å²) in [4.78, 5) is 21.2. The molecule has 2 heterocycles. The molecule has 0 aromatic carbocycles. The van der Waals surface area contributed by atoms with E-state index in [9.17, 15) is 4.79 Å². The van der Waals surface area contributed by atoms with Gasteiger partial charge in [0.1, 0.15) is 0 Å². The highest BCUT2D eigenvalue weighted by molar-refractivity contribution is 5.91. The van der Waals surface area contributed by atoms with Crippen LogP contribution in [0.3, 0.4) is 0 Å². The molecule has 1 fully saturated rings. The summed E-state index contributed by atoms with van der Waals surface area (Å²) >= 11 is 0. The molecule has 0 bridgehead atoms. The predicted octanol–water partition coefficient (Wildman–Crippen LogP) is 2.12. The number of nitrogens with one attached hydrogen (secondary N) is 1. The van der Waals surface area contributed by atoms with Gasteiger partial charge in [-0.1, -0.05) is 12.8 Å². The SMILES string of the molecule is COC(=O)c1nn(C)c2c1CCc1cnc(NC3CCCC3)nc1-2. The van der Waals surface area contributed by atoms with Crippen LogP contribution < -0.4 is 5.32 Å². The van der Waals surface area contributed by atoms with Crippen molar-refractivity contribution in [1.29, 1.82) is 0 Å². The van der Waals surface area contributed by atoms with Gasteiger partial charge in [-0.25, -0.2) is 14.8 Å². The van der Waals surface area contributed by atoms with E-state index in [1.807, 2.05) is 13.2 Å². The van der Waals surface area contributed by atoms with Crippen molar-refractivity contribution in [3.63, 3.8) is 0 Å². The van der Waals surface area contributed by atoms with Gasteiger partial charge in [-0.05, 0) is 31.2 Å². The Morgan fingerprint density at radius 3 is 2.88 bits per heavy atom. The number of methoxy groups -OCH3 is 1. The molecule has 0 saturated heterocycles. The summed E-state index contributed by atoms with van der Waals surface area (Å²) in [6, 6.07) is 0.461. The van der Waals surface area contributed by atoms with Crippen LogP contribution in [0.2, 0.25) is 0 Å². The number of fused-ring (bicyclic) bond motifs is 3. The molecule has 2 aromatic heterocycles. The standard InChI is InChI=1S/C17H21N5O2/c1-22-15-12(14(21-22)16(23)24-2)8-7-10-9-18-17(20-13(10)15)19-11-5-3-4-6-11/h9,11H,3-8H2,1-2H3,(H,18,19,20). The Balaban J connectivity index is 1.74. The molecule has 0 radical (unpaired) electrons. The van der Waals surface area contributed by atoms with Crippen LogP contribution in [0.1, 0.15) is 47.3 Å². The summed E-state index contributed by atoms with van der Waals surface area (Å²) in [5.41, 5.74) is 4.18. The van der Waals surface area contributed by atoms with Crippen molar-refractivity contribution in [2.45, 2.75) is 44.6 Å². The average molecular weight is 327 g/mol. The van der Waals surface area contributed by atoms with Gasteiger partial charge in [0.25, 0.3) is 0 Å². The molecule has 2 aliphatic rings. The summed E-state index contributed by atoms with van der Waals surface area (Å²) < 4.78 is 6.58. The van der Waals surface area contributed by atoms with Gasteiger partial charge >= 0.3 is 5.97 Å². The largest absolute Gasteiger partial charge is 0.464 e. The lowest BCUT2D eigenvalue weighted by Gasteiger charge is -2.18. The molecule has 2 aromatic rings. The summed E-state index contributed by atoms with van der Waals surface area (Å²) in [6.45, 7) is 0. The molecular weight excluding hydrogens is 306 g/mol. The third-order valence-corrected chi connectivity index (χ3v) is 4.95. The second kappa shape index (κ2) is 5.89. The first-order chi connectivity index (χ1) is 11.7. The fourth-order valence-electron chi connectivity index (χ4n) is 3.74. The second-order valence-electron chi connectivity index (χ2n) is 6.48. The number of ether oxygens (including phenoxy) is 1. The van der Waals surface area contributed by atoms with Crippen molar-refractivity contribution in [3.8, 4) is 11.4 Å². The minimum Gasteiger partial charge on any atom is -0.464 e. The smallest absolute Gasteiger partial charge is 0.358 e. The molecular formula is C17H21N5O2. The van der Waals surface area contributed by atoms with Crippen molar-refractivity contribution in [2.24, 2.45) is 7.05 Å². The quantitative estimate of drug-likeness (QED) is 0.870. The highest BCUT2D eigenvalue weighted by Crippen LogP contribution is 2.34. The van der Waals surface area contributed by atoms with E-state index in [4.69, 9.17) is 9.72 Å². The van der Waals surface area contributed by atoms with E-state index in [0.717, 1.165) is 35.4 Å². The van der Waals surface area contributed by atoms with E-state index in [-0.39, 0.29) is 0 Å². The summed E-state index contributed by atoms with van der Waals surface area (Å²) in [5.74, 6) is 0.267. The van der Waals surface area contributed by atoms with E-state index in [1.165, 1.54) is 32.8 Å². The van der Waals surface area contributed by atoms with Crippen LogP contribution in [-0.4, -0.2) is 38.9 Å². The zero-order valence-electron chi connectivity index (χ0n) is 14.0. The fourth-order valence-corrected chi connectivity index (χ4v) is 3.74. The molecule has 7 nitrogen and oxygen atoms in total. The molecule has 0 amide bonds. The van der Waals surface area contributed by atoms with Gasteiger partial charge in [0, 0.05) is 24.8 Å². The van der Waals surface area contributed by atoms with Crippen LogP contribution in [0.4, 0.5) is 5.95 Å². The molecule has 0 aliphatic heterocycles. The number of aromatic nitrogens is 4. The van der Waals surface area contributed by atoms with Crippen molar-refractivity contribution >= 4 is 11.9 Å². The van der Waals surface area contributed by atoms with Gasteiger partial charge in [-0.3, -0.25) is 4.68 Å². The minimum atomic E-state index is -0.395. The van der Waals surface area contributed by atoms with Gasteiger partial charge in [0.15, 0.2) is 5.69 Å². The van der Waals surface area contributed by atoms with Gasteiger partial charge in [-0.2, -0.15) is 5.10 Å². The van der Waals surface area contributed by atoms with Gasteiger partial charge in [-0.15, -0.1) is 0 Å². The molecule has 2 aliphatic carbocycles. The van der Waals surface area contributed by atoms with Gasteiger partial charge in [0.2, 0.25) is 5.95 Å². The van der Waals surface area contributed by atoms with Crippen LogP contribution in [0.25, 0.3) is 11.4 Å². The number of nitrogens with zero attached hydrogens (tertiary/aromatic N) is 4. The number of aryl methyl sites for hydroxylation is 2. The fraction of sp³-hybridized carbons (Fsp3) is 0.529. The van der Waals surface area contributed by atoms with E-state index in [1.54, 1.807) is 4.68 Å². The molecule has 126 valence electrons. The van der Waals surface area contributed by atoms with E-state index < -0.39 is 5.97 Å². The monoisotopic (exact) mass is 327 g/mol. The minimum absolute atomic E-state index is 0.393. The maximum Gasteiger partial charge on any atom is 0.358 e. The Bertz CT molecular complexity index is 793. The summed E-state index contributed by atoms with van der Waals surface area (Å²) in [7, 11) is 3.22. The Morgan fingerprint density at radius 2 is 2.12 bits per heavy atom. The highest BCUT2D eigenvalue weighted by Gasteiger charge is 2.29. The third kappa shape index (κ3) is 2.44. The topological polar surface area (TPSA) is 81.9 Å². The zero-order chi connectivity index (χ0) is 16.7. The van der Waals surface area contributed by atoms with Crippen molar-refractivity contribution < 1.29 is 9.53 Å². The van der Waals surface area contributed by atoms with Crippen LogP contribution in [0.5, 0.6) is 0 Å². The Labute approximate surface area is 140 Å². The van der Waals surface area contributed by atoms with Crippen molar-refractivity contribution in [3.05, 3.63) is 23.0 Å². The van der Waals surface area contributed by atoms with Crippen molar-refractivity contribution in [1.82, 2.24) is 19.7 Å². The Hall–Kier alpha value is -2.44.